The summed E-state index contributed by atoms with van der Waals surface area (Å²) in [4.78, 5) is 35.6. The van der Waals surface area contributed by atoms with E-state index in [2.05, 4.69) is 10.6 Å². The van der Waals surface area contributed by atoms with Crippen LogP contribution in [0.5, 0.6) is 0 Å². The fourth-order valence-corrected chi connectivity index (χ4v) is 2.70. The molecular weight excluding hydrogens is 356 g/mol. The largest absolute Gasteiger partial charge is 0.480 e. The monoisotopic (exact) mass is 382 g/mol. The van der Waals surface area contributed by atoms with Gasteiger partial charge in [-0.15, -0.1) is 0 Å². The maximum Gasteiger partial charge on any atom is 0.408 e. The number of thioether (sulfide) groups is 1. The minimum atomic E-state index is -1.09. The average Bonchev–Trinajstić information content (AvgIpc) is 2.63. The van der Waals surface area contributed by atoms with Gasteiger partial charge < -0.3 is 20.5 Å². The number of carbonyl (C=O) groups excluding carboxylic acids is 2. The molecule has 144 valence electrons. The van der Waals surface area contributed by atoms with Crippen molar-refractivity contribution in [3.05, 3.63) is 35.9 Å². The molecule has 0 fully saturated rings. The standard InChI is InChI=1S/C18H26N2O5S/c1-3-7-14(16(21)19-15(17(22)23)10-11-26-2)20-18(24)25-12-13-8-5-4-6-9-13/h4-6,8-9,14-15H,3,7,10-12H2,1-2H3,(H,19,21)(H,20,24)(H,22,23)/t14-,15-/m0/s1. The normalized spacial score (nSPS) is 12.7. The van der Waals surface area contributed by atoms with Gasteiger partial charge in [-0.2, -0.15) is 11.8 Å². The summed E-state index contributed by atoms with van der Waals surface area (Å²) in [5, 5.41) is 14.2. The number of alkyl carbamates (subject to hydrolysis) is 1. The van der Waals surface area contributed by atoms with Crippen molar-refractivity contribution in [2.45, 2.75) is 44.9 Å². The summed E-state index contributed by atoms with van der Waals surface area (Å²) in [6.45, 7) is 1.97. The van der Waals surface area contributed by atoms with E-state index in [-0.39, 0.29) is 6.61 Å². The van der Waals surface area contributed by atoms with E-state index < -0.39 is 30.1 Å². The highest BCUT2D eigenvalue weighted by Crippen LogP contribution is 2.05. The van der Waals surface area contributed by atoms with E-state index in [1.165, 1.54) is 11.8 Å². The van der Waals surface area contributed by atoms with Gasteiger partial charge in [0.25, 0.3) is 0 Å². The molecule has 7 nitrogen and oxygen atoms in total. The van der Waals surface area contributed by atoms with Gasteiger partial charge >= 0.3 is 12.1 Å². The molecule has 0 aliphatic heterocycles. The van der Waals surface area contributed by atoms with Crippen LogP contribution in [0.3, 0.4) is 0 Å². The smallest absolute Gasteiger partial charge is 0.408 e. The van der Waals surface area contributed by atoms with Crippen molar-refractivity contribution in [3.63, 3.8) is 0 Å². The summed E-state index contributed by atoms with van der Waals surface area (Å²) >= 11 is 1.50. The minimum absolute atomic E-state index is 0.0958. The quantitative estimate of drug-likeness (QED) is 0.543. The van der Waals surface area contributed by atoms with Gasteiger partial charge in [0, 0.05) is 0 Å². The van der Waals surface area contributed by atoms with Crippen LogP contribution in [0.4, 0.5) is 4.79 Å². The molecule has 0 radical (unpaired) electrons. The summed E-state index contributed by atoms with van der Waals surface area (Å²) in [6, 6.07) is 7.38. The molecule has 0 saturated carbocycles. The summed E-state index contributed by atoms with van der Waals surface area (Å²) in [5.74, 6) is -0.992. The minimum Gasteiger partial charge on any atom is -0.480 e. The van der Waals surface area contributed by atoms with Crippen LogP contribution < -0.4 is 10.6 Å². The Bertz CT molecular complexity index is 582. The van der Waals surface area contributed by atoms with Gasteiger partial charge in [0.2, 0.25) is 5.91 Å². The number of amides is 2. The van der Waals surface area contributed by atoms with Crippen molar-refractivity contribution in [1.29, 1.82) is 0 Å². The van der Waals surface area contributed by atoms with Gasteiger partial charge in [-0.25, -0.2) is 9.59 Å². The van der Waals surface area contributed by atoms with Gasteiger partial charge in [0.15, 0.2) is 0 Å². The third-order valence-corrected chi connectivity index (χ3v) is 4.27. The molecule has 0 aliphatic rings. The number of rotatable bonds is 11. The first-order valence-electron chi connectivity index (χ1n) is 8.47. The lowest BCUT2D eigenvalue weighted by atomic mass is 10.1. The number of hydrogen-bond donors (Lipinski definition) is 3. The number of benzene rings is 1. The second-order valence-electron chi connectivity index (χ2n) is 5.73. The Hall–Kier alpha value is -2.22. The van der Waals surface area contributed by atoms with E-state index in [1.807, 2.05) is 43.5 Å². The van der Waals surface area contributed by atoms with Crippen molar-refractivity contribution >= 4 is 29.7 Å². The second-order valence-corrected chi connectivity index (χ2v) is 6.71. The molecule has 1 aromatic rings. The molecule has 1 rings (SSSR count). The molecule has 0 aromatic heterocycles. The Morgan fingerprint density at radius 2 is 1.81 bits per heavy atom. The van der Waals surface area contributed by atoms with Gasteiger partial charge in [0.05, 0.1) is 0 Å². The average molecular weight is 382 g/mol. The highest BCUT2D eigenvalue weighted by molar-refractivity contribution is 7.98. The van der Waals surface area contributed by atoms with Crippen LogP contribution in [-0.4, -0.2) is 47.2 Å². The summed E-state index contributed by atoms with van der Waals surface area (Å²) in [5.41, 5.74) is 0.835. The van der Waals surface area contributed by atoms with E-state index in [4.69, 9.17) is 4.74 Å². The van der Waals surface area contributed by atoms with E-state index in [0.717, 1.165) is 5.56 Å². The van der Waals surface area contributed by atoms with Gasteiger partial charge in [-0.3, -0.25) is 4.79 Å². The van der Waals surface area contributed by atoms with E-state index in [1.54, 1.807) is 0 Å². The van der Waals surface area contributed by atoms with E-state index in [9.17, 15) is 19.5 Å². The molecule has 0 unspecified atom stereocenters. The van der Waals surface area contributed by atoms with Gasteiger partial charge in [-0.05, 0) is 30.4 Å². The number of hydrogen-bond acceptors (Lipinski definition) is 5. The van der Waals surface area contributed by atoms with Crippen LogP contribution in [-0.2, 0) is 20.9 Å². The lowest BCUT2D eigenvalue weighted by Crippen LogP contribution is -2.51. The highest BCUT2D eigenvalue weighted by Gasteiger charge is 2.26. The van der Waals surface area contributed by atoms with Crippen LogP contribution in [0.25, 0.3) is 0 Å². The zero-order valence-corrected chi connectivity index (χ0v) is 15.9. The molecule has 0 aliphatic carbocycles. The first-order valence-corrected chi connectivity index (χ1v) is 9.86. The maximum absolute atomic E-state index is 12.4. The number of ether oxygens (including phenoxy) is 1. The van der Waals surface area contributed by atoms with Crippen molar-refractivity contribution in [2.24, 2.45) is 0 Å². The zero-order valence-electron chi connectivity index (χ0n) is 15.1. The molecular formula is C18H26N2O5S. The predicted octanol–water partition coefficient (Wildman–Crippen LogP) is 2.40. The molecule has 1 aromatic carbocycles. The number of nitrogens with one attached hydrogen (secondary N) is 2. The molecule has 0 heterocycles. The Morgan fingerprint density at radius 1 is 1.12 bits per heavy atom. The lowest BCUT2D eigenvalue weighted by Gasteiger charge is -2.21. The van der Waals surface area contributed by atoms with Crippen LogP contribution in [0.15, 0.2) is 30.3 Å². The Labute approximate surface area is 157 Å². The van der Waals surface area contributed by atoms with Gasteiger partial charge in [-0.1, -0.05) is 43.7 Å². The molecule has 2 atom stereocenters. The molecule has 0 bridgehead atoms. The fourth-order valence-electron chi connectivity index (χ4n) is 2.23. The molecule has 8 heteroatoms. The predicted molar refractivity (Wildman–Crippen MR) is 101 cm³/mol. The van der Waals surface area contributed by atoms with Crippen LogP contribution in [0.1, 0.15) is 31.7 Å². The van der Waals surface area contributed by atoms with Crippen molar-refractivity contribution in [2.75, 3.05) is 12.0 Å². The Morgan fingerprint density at radius 3 is 2.38 bits per heavy atom. The highest BCUT2D eigenvalue weighted by atomic mass is 32.2. The van der Waals surface area contributed by atoms with Crippen LogP contribution in [0, 0.1) is 0 Å². The third-order valence-electron chi connectivity index (χ3n) is 3.62. The molecule has 0 spiro atoms. The lowest BCUT2D eigenvalue weighted by molar-refractivity contribution is -0.142. The Balaban J connectivity index is 2.57. The molecule has 2 amide bonds. The second kappa shape index (κ2) is 12.2. The van der Waals surface area contributed by atoms with Crippen LogP contribution in [0.2, 0.25) is 0 Å². The summed E-state index contributed by atoms with van der Waals surface area (Å²) < 4.78 is 5.12. The fraction of sp³-hybridized carbons (Fsp3) is 0.500. The number of carbonyl (C=O) groups is 3. The first kappa shape index (κ1) is 21.8. The summed E-state index contributed by atoms with van der Waals surface area (Å²) in [7, 11) is 0. The van der Waals surface area contributed by atoms with E-state index in [0.29, 0.717) is 25.0 Å². The third kappa shape index (κ3) is 8.24. The van der Waals surface area contributed by atoms with Gasteiger partial charge in [0.1, 0.15) is 18.7 Å². The van der Waals surface area contributed by atoms with E-state index >= 15 is 0 Å². The maximum atomic E-state index is 12.4. The molecule has 0 saturated heterocycles. The summed E-state index contributed by atoms with van der Waals surface area (Å²) in [6.07, 6.45) is 2.52. The number of carboxylic acid groups (broad SMARTS) is 1. The molecule has 26 heavy (non-hydrogen) atoms. The SMILES string of the molecule is CCC[C@H](NC(=O)OCc1ccccc1)C(=O)N[C@@H](CCSC)C(=O)O. The first-order chi connectivity index (χ1) is 12.5. The number of carboxylic acids is 1. The number of aliphatic carboxylic acids is 1. The molecule has 3 N–H and O–H groups in total. The van der Waals surface area contributed by atoms with Crippen molar-refractivity contribution in [1.82, 2.24) is 10.6 Å². The van der Waals surface area contributed by atoms with Crippen LogP contribution >= 0.6 is 11.8 Å². The van der Waals surface area contributed by atoms with Crippen molar-refractivity contribution in [3.8, 4) is 0 Å². The van der Waals surface area contributed by atoms with Crippen molar-refractivity contribution < 1.29 is 24.2 Å². The topological polar surface area (TPSA) is 105 Å². The Kier molecular flexibility index (Phi) is 10.2. The zero-order chi connectivity index (χ0) is 19.4.